The second kappa shape index (κ2) is 10.1. The Balaban J connectivity index is 1.41. The SMILES string of the molecule is CC1(C(=O)NC2Cc3ccccc3C2)C=c2nc(CCCCC(=O)O)c(-c3ccccc3)nc2=CC1. The lowest BCUT2D eigenvalue weighted by molar-refractivity contribution is -0.137. The summed E-state index contributed by atoms with van der Waals surface area (Å²) in [5, 5.41) is 13.8. The molecule has 1 aromatic heterocycles. The first-order valence-corrected chi connectivity index (χ1v) is 12.7. The largest absolute Gasteiger partial charge is 0.481 e. The smallest absolute Gasteiger partial charge is 0.303 e. The maximum atomic E-state index is 13.4. The number of aromatic nitrogens is 2. The molecule has 6 heteroatoms. The highest BCUT2D eigenvalue weighted by molar-refractivity contribution is 5.90. The Morgan fingerprint density at radius 2 is 1.67 bits per heavy atom. The molecular weight excluding hydrogens is 450 g/mol. The van der Waals surface area contributed by atoms with Crippen molar-refractivity contribution >= 4 is 24.0 Å². The van der Waals surface area contributed by atoms with Gasteiger partial charge in [-0.1, -0.05) is 60.7 Å². The van der Waals surface area contributed by atoms with E-state index in [1.165, 1.54) is 11.1 Å². The Morgan fingerprint density at radius 1 is 0.972 bits per heavy atom. The third kappa shape index (κ3) is 5.08. The monoisotopic (exact) mass is 481 g/mol. The molecule has 1 unspecified atom stereocenters. The second-order valence-electron chi connectivity index (χ2n) is 10.1. The third-order valence-corrected chi connectivity index (χ3v) is 7.20. The maximum Gasteiger partial charge on any atom is 0.303 e. The fourth-order valence-electron chi connectivity index (χ4n) is 5.16. The Hall–Kier alpha value is -3.80. The first-order valence-electron chi connectivity index (χ1n) is 12.7. The van der Waals surface area contributed by atoms with Gasteiger partial charge >= 0.3 is 5.97 Å². The van der Waals surface area contributed by atoms with Gasteiger partial charge in [0.1, 0.15) is 0 Å². The summed E-state index contributed by atoms with van der Waals surface area (Å²) in [5.41, 5.74) is 4.57. The molecule has 0 radical (unpaired) electrons. The first-order chi connectivity index (χ1) is 17.4. The van der Waals surface area contributed by atoms with E-state index in [-0.39, 0.29) is 18.4 Å². The molecule has 0 saturated heterocycles. The number of aryl methyl sites for hydroxylation is 1. The molecule has 0 spiro atoms. The quantitative estimate of drug-likeness (QED) is 0.482. The fourth-order valence-corrected chi connectivity index (χ4v) is 5.16. The molecule has 3 aromatic rings. The van der Waals surface area contributed by atoms with Crippen LogP contribution < -0.4 is 16.0 Å². The van der Waals surface area contributed by atoms with Crippen molar-refractivity contribution in [3.05, 3.63) is 82.1 Å². The minimum Gasteiger partial charge on any atom is -0.481 e. The summed E-state index contributed by atoms with van der Waals surface area (Å²) in [4.78, 5) is 34.3. The van der Waals surface area contributed by atoms with Gasteiger partial charge in [0.15, 0.2) is 0 Å². The zero-order valence-electron chi connectivity index (χ0n) is 20.5. The van der Waals surface area contributed by atoms with E-state index in [1.54, 1.807) is 0 Å². The average Bonchev–Trinajstić information content (AvgIpc) is 3.29. The van der Waals surface area contributed by atoms with E-state index in [0.717, 1.165) is 40.5 Å². The number of carbonyl (C=O) groups is 2. The molecule has 6 nitrogen and oxygen atoms in total. The number of nitrogens with zero attached hydrogens (tertiary/aromatic N) is 2. The van der Waals surface area contributed by atoms with Crippen molar-refractivity contribution < 1.29 is 14.7 Å². The number of fused-ring (bicyclic) bond motifs is 2. The van der Waals surface area contributed by atoms with Gasteiger partial charge < -0.3 is 10.4 Å². The number of hydrogen-bond acceptors (Lipinski definition) is 4. The molecule has 0 fully saturated rings. The van der Waals surface area contributed by atoms with Crippen molar-refractivity contribution in [1.82, 2.24) is 15.3 Å². The molecule has 36 heavy (non-hydrogen) atoms. The highest BCUT2D eigenvalue weighted by Gasteiger charge is 2.34. The molecule has 0 saturated carbocycles. The number of carboxylic acids is 1. The highest BCUT2D eigenvalue weighted by atomic mass is 16.4. The van der Waals surface area contributed by atoms with E-state index < -0.39 is 11.4 Å². The lowest BCUT2D eigenvalue weighted by atomic mass is 9.82. The van der Waals surface area contributed by atoms with E-state index in [0.29, 0.717) is 25.7 Å². The summed E-state index contributed by atoms with van der Waals surface area (Å²) in [5.74, 6) is -0.774. The van der Waals surface area contributed by atoms with Crippen LogP contribution in [0.15, 0.2) is 54.6 Å². The van der Waals surface area contributed by atoms with Crippen molar-refractivity contribution in [3.63, 3.8) is 0 Å². The number of rotatable bonds is 8. The Morgan fingerprint density at radius 3 is 2.36 bits per heavy atom. The summed E-state index contributed by atoms with van der Waals surface area (Å²) >= 11 is 0. The summed E-state index contributed by atoms with van der Waals surface area (Å²) < 4.78 is 0. The zero-order chi connectivity index (χ0) is 25.1. The van der Waals surface area contributed by atoms with E-state index in [9.17, 15) is 9.59 Å². The Bertz CT molecular complexity index is 1390. The topological polar surface area (TPSA) is 92.2 Å². The number of hydrogen-bond donors (Lipinski definition) is 2. The first kappa shape index (κ1) is 23.9. The number of nitrogens with one attached hydrogen (secondary N) is 1. The molecule has 2 aliphatic carbocycles. The van der Waals surface area contributed by atoms with Gasteiger partial charge in [0.2, 0.25) is 5.91 Å². The van der Waals surface area contributed by atoms with Crippen molar-refractivity contribution in [1.29, 1.82) is 0 Å². The van der Waals surface area contributed by atoms with Gasteiger partial charge in [0, 0.05) is 18.0 Å². The lowest BCUT2D eigenvalue weighted by Gasteiger charge is -2.27. The number of aliphatic carboxylic acids is 1. The van der Waals surface area contributed by atoms with Crippen LogP contribution in [-0.2, 0) is 28.9 Å². The van der Waals surface area contributed by atoms with Crippen molar-refractivity contribution in [2.24, 2.45) is 5.41 Å². The fraction of sp³-hybridized carbons (Fsp3) is 0.333. The predicted molar refractivity (Wildman–Crippen MR) is 139 cm³/mol. The number of unbranched alkanes of at least 4 members (excludes halogenated alkanes) is 1. The number of amides is 1. The van der Waals surface area contributed by atoms with E-state index in [4.69, 9.17) is 15.1 Å². The molecule has 1 atom stereocenters. The Kier molecular flexibility index (Phi) is 6.68. The normalized spacial score (nSPS) is 18.5. The predicted octanol–water partition coefficient (Wildman–Crippen LogP) is 3.20. The minimum atomic E-state index is -0.787. The van der Waals surface area contributed by atoms with Crippen LogP contribution in [0.3, 0.4) is 0 Å². The number of carboxylic acid groups (broad SMARTS) is 1. The van der Waals surface area contributed by atoms with Gasteiger partial charge in [-0.05, 0) is 62.7 Å². The molecule has 0 bridgehead atoms. The van der Waals surface area contributed by atoms with Crippen LogP contribution >= 0.6 is 0 Å². The van der Waals surface area contributed by atoms with Gasteiger partial charge in [-0.25, -0.2) is 9.97 Å². The van der Waals surface area contributed by atoms with Crippen LogP contribution in [0.25, 0.3) is 23.4 Å². The van der Waals surface area contributed by atoms with Crippen LogP contribution in [0.5, 0.6) is 0 Å². The zero-order valence-corrected chi connectivity index (χ0v) is 20.5. The van der Waals surface area contributed by atoms with Crippen molar-refractivity contribution in [2.45, 2.75) is 57.9 Å². The summed E-state index contributed by atoms with van der Waals surface area (Å²) in [7, 11) is 0. The molecule has 2 aliphatic rings. The molecular formula is C30H31N3O3. The van der Waals surface area contributed by atoms with Gasteiger partial charge in [0.05, 0.1) is 27.5 Å². The molecule has 184 valence electrons. The van der Waals surface area contributed by atoms with Crippen molar-refractivity contribution in [2.75, 3.05) is 0 Å². The second-order valence-corrected chi connectivity index (χ2v) is 10.1. The summed E-state index contributed by atoms with van der Waals surface area (Å²) in [6, 6.07) is 18.4. The minimum absolute atomic E-state index is 0.0131. The van der Waals surface area contributed by atoms with Gasteiger partial charge in [0.25, 0.3) is 0 Å². The van der Waals surface area contributed by atoms with Crippen LogP contribution in [0.2, 0.25) is 0 Å². The van der Waals surface area contributed by atoms with Gasteiger partial charge in [-0.2, -0.15) is 0 Å². The molecule has 5 rings (SSSR count). The molecule has 2 aromatic carbocycles. The molecule has 2 N–H and O–H groups in total. The number of benzene rings is 2. The summed E-state index contributed by atoms with van der Waals surface area (Å²) in [6.07, 6.45) is 8.33. The molecule has 0 aliphatic heterocycles. The average molecular weight is 482 g/mol. The van der Waals surface area contributed by atoms with Gasteiger partial charge in [-0.15, -0.1) is 0 Å². The van der Waals surface area contributed by atoms with Crippen LogP contribution in [0.1, 0.15) is 49.4 Å². The van der Waals surface area contributed by atoms with Crippen molar-refractivity contribution in [3.8, 4) is 11.3 Å². The summed E-state index contributed by atoms with van der Waals surface area (Å²) in [6.45, 7) is 1.96. The van der Waals surface area contributed by atoms with Gasteiger partial charge in [-0.3, -0.25) is 9.59 Å². The van der Waals surface area contributed by atoms with E-state index >= 15 is 0 Å². The Labute approximate surface area is 210 Å². The maximum absolute atomic E-state index is 13.4. The highest BCUT2D eigenvalue weighted by Crippen LogP contribution is 2.28. The van der Waals surface area contributed by atoms with Crippen LogP contribution in [0.4, 0.5) is 0 Å². The lowest BCUT2D eigenvalue weighted by Crippen LogP contribution is -2.48. The molecule has 1 heterocycles. The van der Waals surface area contributed by atoms with Crippen LogP contribution in [0, 0.1) is 5.41 Å². The van der Waals surface area contributed by atoms with E-state index in [1.807, 2.05) is 61.5 Å². The number of carbonyl (C=O) groups excluding carboxylic acids is 1. The molecule has 1 amide bonds. The third-order valence-electron chi connectivity index (χ3n) is 7.20. The van der Waals surface area contributed by atoms with Crippen LogP contribution in [-0.4, -0.2) is 33.0 Å². The van der Waals surface area contributed by atoms with E-state index in [2.05, 4.69) is 17.4 Å². The standard InChI is InChI=1S/C30H31N3O3/c1-30(29(36)31-23-17-21-11-5-6-12-22(21)18-23)16-15-24-26(19-30)32-25(13-7-8-14-27(34)35)28(33-24)20-9-3-2-4-10-20/h2-6,9-12,15,19,23H,7-8,13-14,16-18H2,1H3,(H,31,36)(H,34,35).